The predicted octanol–water partition coefficient (Wildman–Crippen LogP) is 4.52. The molecule has 2 N–H and O–H groups in total. The molecule has 3 aromatic rings. The summed E-state index contributed by atoms with van der Waals surface area (Å²) in [6.07, 6.45) is 5.84. The summed E-state index contributed by atoms with van der Waals surface area (Å²) in [5.74, 6) is 0.421. The Kier molecular flexibility index (Phi) is 8.77. The van der Waals surface area contributed by atoms with Crippen molar-refractivity contribution in [3.8, 4) is 5.75 Å². The van der Waals surface area contributed by atoms with E-state index in [0.29, 0.717) is 18.7 Å². The molecule has 6 heteroatoms. The van der Waals surface area contributed by atoms with Crippen molar-refractivity contribution in [1.29, 1.82) is 0 Å². The fourth-order valence-corrected chi connectivity index (χ4v) is 2.97. The highest BCUT2D eigenvalue weighted by Gasteiger charge is 2.09. The lowest BCUT2D eigenvalue weighted by molar-refractivity contribution is -0.116. The van der Waals surface area contributed by atoms with E-state index >= 15 is 0 Å². The minimum absolute atomic E-state index is 0.107. The Morgan fingerprint density at radius 2 is 1.88 bits per heavy atom. The van der Waals surface area contributed by atoms with E-state index in [2.05, 4.69) is 15.6 Å². The zero-order valence-electron chi connectivity index (χ0n) is 19.0. The molecule has 0 bridgehead atoms. The Labute approximate surface area is 194 Å². The van der Waals surface area contributed by atoms with Crippen molar-refractivity contribution in [3.05, 3.63) is 101 Å². The molecule has 2 aromatic carbocycles. The Bertz CT molecular complexity index is 1080. The molecule has 1 unspecified atom stereocenters. The lowest BCUT2D eigenvalue weighted by atomic mass is 10.1. The number of pyridine rings is 1. The van der Waals surface area contributed by atoms with Crippen molar-refractivity contribution in [3.63, 3.8) is 0 Å². The standard InChI is InChI=1S/C27H29N3O3/c1-3-20(2)30-27(32)23-8-6-7-22(17-23)18-29-26(31)15-12-21-10-13-25(14-11-21)33-19-24-9-4-5-16-28-24/h4-17,20H,3,18-19H2,1-2H3,(H,29,31)(H,30,32)/b15-12+. The number of carbonyl (C=O) groups is 2. The highest BCUT2D eigenvalue weighted by Crippen LogP contribution is 2.14. The van der Waals surface area contributed by atoms with Gasteiger partial charge in [0.05, 0.1) is 5.69 Å². The second kappa shape index (κ2) is 12.2. The largest absolute Gasteiger partial charge is 0.487 e. The first-order valence-corrected chi connectivity index (χ1v) is 11.0. The van der Waals surface area contributed by atoms with Crippen molar-refractivity contribution >= 4 is 17.9 Å². The van der Waals surface area contributed by atoms with Gasteiger partial charge in [-0.25, -0.2) is 0 Å². The molecule has 0 aliphatic rings. The Morgan fingerprint density at radius 3 is 2.61 bits per heavy atom. The SMILES string of the molecule is CCC(C)NC(=O)c1cccc(CNC(=O)/C=C/c2ccc(OCc3ccccn3)cc2)c1. The molecule has 0 radical (unpaired) electrons. The summed E-state index contributed by atoms with van der Waals surface area (Å²) in [7, 11) is 0. The number of aromatic nitrogens is 1. The quantitative estimate of drug-likeness (QED) is 0.452. The lowest BCUT2D eigenvalue weighted by Crippen LogP contribution is -2.32. The van der Waals surface area contributed by atoms with Crippen LogP contribution in [0.1, 0.15) is 47.4 Å². The maximum absolute atomic E-state index is 12.3. The molecule has 0 spiro atoms. The van der Waals surface area contributed by atoms with Crippen LogP contribution in [0.25, 0.3) is 6.08 Å². The Morgan fingerprint density at radius 1 is 1.06 bits per heavy atom. The third-order valence-electron chi connectivity index (χ3n) is 5.07. The van der Waals surface area contributed by atoms with E-state index in [4.69, 9.17) is 4.74 Å². The van der Waals surface area contributed by atoms with Crippen molar-refractivity contribution in [2.24, 2.45) is 0 Å². The summed E-state index contributed by atoms with van der Waals surface area (Å²) in [6, 6.07) is 20.6. The number of hydrogen-bond acceptors (Lipinski definition) is 4. The van der Waals surface area contributed by atoms with E-state index in [1.807, 2.05) is 68.4 Å². The lowest BCUT2D eigenvalue weighted by Gasteiger charge is -2.12. The normalized spacial score (nSPS) is 11.7. The molecule has 1 atom stereocenters. The molecular weight excluding hydrogens is 414 g/mol. The maximum Gasteiger partial charge on any atom is 0.251 e. The Balaban J connectivity index is 1.47. The summed E-state index contributed by atoms with van der Waals surface area (Å²) in [5.41, 5.74) is 3.20. The summed E-state index contributed by atoms with van der Waals surface area (Å²) in [6.45, 7) is 4.74. The van der Waals surface area contributed by atoms with Gasteiger partial charge in [0.1, 0.15) is 12.4 Å². The third kappa shape index (κ3) is 7.92. The molecule has 2 amide bonds. The maximum atomic E-state index is 12.3. The molecule has 0 fully saturated rings. The number of amides is 2. The monoisotopic (exact) mass is 443 g/mol. The van der Waals surface area contributed by atoms with Crippen LogP contribution in [0.3, 0.4) is 0 Å². The fraction of sp³-hybridized carbons (Fsp3) is 0.222. The van der Waals surface area contributed by atoms with Gasteiger partial charge in [0.25, 0.3) is 5.91 Å². The van der Waals surface area contributed by atoms with Gasteiger partial charge < -0.3 is 15.4 Å². The van der Waals surface area contributed by atoms with Gasteiger partial charge in [-0.3, -0.25) is 14.6 Å². The molecule has 170 valence electrons. The number of hydrogen-bond donors (Lipinski definition) is 2. The van der Waals surface area contributed by atoms with Crippen LogP contribution in [0.4, 0.5) is 0 Å². The van der Waals surface area contributed by atoms with Gasteiger partial charge in [-0.2, -0.15) is 0 Å². The topological polar surface area (TPSA) is 80.3 Å². The van der Waals surface area contributed by atoms with Crippen LogP contribution in [0, 0.1) is 0 Å². The zero-order valence-corrected chi connectivity index (χ0v) is 19.0. The molecule has 3 rings (SSSR count). The average Bonchev–Trinajstić information content (AvgIpc) is 2.86. The van der Waals surface area contributed by atoms with E-state index in [1.165, 1.54) is 6.08 Å². The molecular formula is C27H29N3O3. The third-order valence-corrected chi connectivity index (χ3v) is 5.07. The zero-order chi connectivity index (χ0) is 23.5. The Hall–Kier alpha value is -3.93. The number of nitrogens with one attached hydrogen (secondary N) is 2. The van der Waals surface area contributed by atoms with Gasteiger partial charge >= 0.3 is 0 Å². The average molecular weight is 444 g/mol. The predicted molar refractivity (Wildman–Crippen MR) is 130 cm³/mol. The van der Waals surface area contributed by atoms with Crippen molar-refractivity contribution in [2.45, 2.75) is 39.5 Å². The van der Waals surface area contributed by atoms with Crippen molar-refractivity contribution < 1.29 is 14.3 Å². The first-order valence-electron chi connectivity index (χ1n) is 11.0. The summed E-state index contributed by atoms with van der Waals surface area (Å²) in [5, 5.41) is 5.80. The minimum atomic E-state index is -0.208. The fourth-order valence-electron chi connectivity index (χ4n) is 2.97. The van der Waals surface area contributed by atoms with E-state index in [-0.39, 0.29) is 17.9 Å². The summed E-state index contributed by atoms with van der Waals surface area (Å²) in [4.78, 5) is 28.7. The van der Waals surface area contributed by atoms with Crippen molar-refractivity contribution in [1.82, 2.24) is 15.6 Å². The van der Waals surface area contributed by atoms with Gasteiger partial charge in [-0.15, -0.1) is 0 Å². The van der Waals surface area contributed by atoms with E-state index in [0.717, 1.165) is 29.0 Å². The first-order chi connectivity index (χ1) is 16.0. The van der Waals surface area contributed by atoms with Gasteiger partial charge in [0, 0.05) is 30.4 Å². The van der Waals surface area contributed by atoms with Crippen LogP contribution in [0.15, 0.2) is 79.0 Å². The molecule has 1 heterocycles. The highest BCUT2D eigenvalue weighted by atomic mass is 16.5. The minimum Gasteiger partial charge on any atom is -0.487 e. The van der Waals surface area contributed by atoms with E-state index < -0.39 is 0 Å². The molecule has 1 aromatic heterocycles. The first kappa shape index (κ1) is 23.7. The van der Waals surface area contributed by atoms with Gasteiger partial charge in [-0.1, -0.05) is 37.3 Å². The van der Waals surface area contributed by atoms with Crippen LogP contribution in [0.5, 0.6) is 5.75 Å². The number of rotatable bonds is 10. The molecule has 0 saturated heterocycles. The van der Waals surface area contributed by atoms with E-state index in [1.54, 1.807) is 24.4 Å². The number of carbonyl (C=O) groups excluding carboxylic acids is 2. The number of benzene rings is 2. The van der Waals surface area contributed by atoms with Crippen LogP contribution in [-0.4, -0.2) is 22.8 Å². The highest BCUT2D eigenvalue weighted by molar-refractivity contribution is 5.94. The second-order valence-electron chi connectivity index (χ2n) is 7.71. The summed E-state index contributed by atoms with van der Waals surface area (Å²) >= 11 is 0. The molecule has 33 heavy (non-hydrogen) atoms. The molecule has 0 aliphatic carbocycles. The van der Waals surface area contributed by atoms with E-state index in [9.17, 15) is 9.59 Å². The van der Waals surface area contributed by atoms with Crippen LogP contribution in [-0.2, 0) is 17.9 Å². The van der Waals surface area contributed by atoms with Crippen LogP contribution < -0.4 is 15.4 Å². The number of ether oxygens (including phenoxy) is 1. The molecule has 6 nitrogen and oxygen atoms in total. The van der Waals surface area contributed by atoms with Crippen LogP contribution in [0.2, 0.25) is 0 Å². The van der Waals surface area contributed by atoms with Gasteiger partial charge in [0.15, 0.2) is 0 Å². The van der Waals surface area contributed by atoms with Gasteiger partial charge in [0.2, 0.25) is 5.91 Å². The molecule has 0 saturated carbocycles. The smallest absolute Gasteiger partial charge is 0.251 e. The second-order valence-corrected chi connectivity index (χ2v) is 7.71. The van der Waals surface area contributed by atoms with Gasteiger partial charge in [-0.05, 0) is 66.9 Å². The summed E-state index contributed by atoms with van der Waals surface area (Å²) < 4.78 is 5.72. The van der Waals surface area contributed by atoms with Crippen LogP contribution >= 0.6 is 0 Å². The number of nitrogens with zero attached hydrogens (tertiary/aromatic N) is 1. The molecule has 0 aliphatic heterocycles. The van der Waals surface area contributed by atoms with Crippen molar-refractivity contribution in [2.75, 3.05) is 0 Å².